The van der Waals surface area contributed by atoms with Crippen molar-refractivity contribution in [3.8, 4) is 0 Å². The van der Waals surface area contributed by atoms with Crippen molar-refractivity contribution in [2.45, 2.75) is 0 Å². The molecule has 1 atom stereocenters. The first-order valence-corrected chi connectivity index (χ1v) is 0.775. The fourth-order valence-electron chi connectivity index (χ4n) is 0. The van der Waals surface area contributed by atoms with Gasteiger partial charge in [-0.15, -0.1) is 0 Å². The van der Waals surface area contributed by atoms with Gasteiger partial charge in [-0.1, -0.05) is 0 Å². The minimum atomic E-state index is 0. The van der Waals surface area contributed by atoms with Gasteiger partial charge in [-0.3, -0.25) is 0 Å². The van der Waals surface area contributed by atoms with Crippen molar-refractivity contribution < 1.29 is 22.0 Å². The molecule has 0 aromatic carbocycles. The second kappa shape index (κ2) is 24.4. The van der Waals surface area contributed by atoms with E-state index in [2.05, 4.69) is 0 Å². The average Bonchev–Trinajstić information content (AvgIpc) is 1.00. The molecule has 0 saturated heterocycles. The summed E-state index contributed by atoms with van der Waals surface area (Å²) < 4.78 is 0. The molecule has 1 N–H and O–H groups in total. The summed E-state index contributed by atoms with van der Waals surface area (Å²) in [6.07, 6.45) is 0. The standard InChI is InChI=1S/Fe.Li.H3OP.H/c;;1-2;/h;;1H,2H2;. The molecule has 24 valence electrons. The molecule has 4 heteroatoms. The predicted octanol–water partition coefficient (Wildman–Crippen LogP) is -0.882. The summed E-state index contributed by atoms with van der Waals surface area (Å²) in [5.41, 5.74) is 0. The Hall–Kier alpha value is 1.51. The Labute approximate surface area is 50.5 Å². The van der Waals surface area contributed by atoms with Gasteiger partial charge in [0.2, 0.25) is 0 Å². The zero-order chi connectivity index (χ0) is 2.00. The minimum absolute atomic E-state index is 0. The van der Waals surface area contributed by atoms with Crippen LogP contribution in [0.2, 0.25) is 0 Å². The summed E-state index contributed by atoms with van der Waals surface area (Å²) in [4.78, 5) is 6.92. The molecule has 0 radical (unpaired) electrons. The van der Waals surface area contributed by atoms with Crippen molar-refractivity contribution in [3.63, 3.8) is 0 Å². The van der Waals surface area contributed by atoms with Gasteiger partial charge in [-0.2, -0.15) is 0 Å². The van der Waals surface area contributed by atoms with Gasteiger partial charge in [0, 0.05) is 17.1 Å². The predicted molar refractivity (Wildman–Crippen MR) is 19.1 cm³/mol. The number of hydrogen-bond donors (Lipinski definition) is 1. The van der Waals surface area contributed by atoms with Crippen molar-refractivity contribution >= 4 is 28.3 Å². The van der Waals surface area contributed by atoms with Crippen LogP contribution in [0.1, 0.15) is 0 Å². The maximum atomic E-state index is 6.92. The van der Waals surface area contributed by atoms with Crippen LogP contribution < -0.4 is 0 Å². The summed E-state index contributed by atoms with van der Waals surface area (Å²) in [6, 6.07) is 0. The summed E-state index contributed by atoms with van der Waals surface area (Å²) in [5.74, 6) is 0. The molecule has 0 aliphatic rings. The van der Waals surface area contributed by atoms with E-state index >= 15 is 0 Å². The quantitative estimate of drug-likeness (QED) is 0.320. The fourth-order valence-corrected chi connectivity index (χ4v) is 0. The molecule has 0 amide bonds. The van der Waals surface area contributed by atoms with Gasteiger partial charge in [0.1, 0.15) is 0 Å². The van der Waals surface area contributed by atoms with E-state index in [0.717, 1.165) is 0 Å². The zero-order valence-electron chi connectivity index (χ0n) is 1.38. The molecule has 0 fully saturated rings. The van der Waals surface area contributed by atoms with Crippen molar-refractivity contribution in [2.75, 3.05) is 0 Å². The molecular formula is H4FeLiOP. The molecule has 1 unspecified atom stereocenters. The third-order valence-corrected chi connectivity index (χ3v) is 0. The molecule has 0 aromatic rings. The second-order valence-electron chi connectivity index (χ2n) is 0. The summed E-state index contributed by atoms with van der Waals surface area (Å²) in [5, 5.41) is 0. The van der Waals surface area contributed by atoms with Gasteiger partial charge in [0.15, 0.2) is 0 Å². The topological polar surface area (TPSA) is 20.2 Å². The Morgan fingerprint density at radius 1 is 1.25 bits per heavy atom. The van der Waals surface area contributed by atoms with Crippen LogP contribution in [-0.2, 0) is 17.1 Å². The molecule has 0 aliphatic carbocycles. The van der Waals surface area contributed by atoms with Crippen LogP contribution in [0.15, 0.2) is 0 Å². The van der Waals surface area contributed by atoms with Crippen molar-refractivity contribution in [3.05, 3.63) is 0 Å². The Kier molecular flexibility index (Phi) is 109. The molecule has 0 heterocycles. The van der Waals surface area contributed by atoms with Gasteiger partial charge in [-0.25, -0.2) is 0 Å². The van der Waals surface area contributed by atoms with Gasteiger partial charge >= 0.3 is 18.9 Å². The average molecular weight is 114 g/mol. The van der Waals surface area contributed by atoms with Crippen LogP contribution in [0.5, 0.6) is 0 Å². The molecule has 0 aromatic heterocycles. The molecule has 1 nitrogen and oxygen atoms in total. The van der Waals surface area contributed by atoms with Crippen LogP contribution in [0.3, 0.4) is 0 Å². The van der Waals surface area contributed by atoms with Crippen molar-refractivity contribution in [1.29, 1.82) is 0 Å². The third kappa shape index (κ3) is 9.71. The molecule has 0 saturated carbocycles. The number of rotatable bonds is 0. The molecule has 0 bridgehead atoms. The first kappa shape index (κ1) is 17.8. The van der Waals surface area contributed by atoms with E-state index in [1.54, 1.807) is 0 Å². The maximum absolute atomic E-state index is 6.92. The molecule has 0 rings (SSSR count). The van der Waals surface area contributed by atoms with E-state index in [4.69, 9.17) is 4.89 Å². The Morgan fingerprint density at radius 2 is 1.25 bits per heavy atom. The van der Waals surface area contributed by atoms with Crippen LogP contribution in [0, 0.1) is 0 Å². The normalized spacial score (nSPS) is 1.50. The zero-order valence-corrected chi connectivity index (χ0v) is 3.64. The molecule has 4 heavy (non-hydrogen) atoms. The van der Waals surface area contributed by atoms with E-state index in [0.29, 0.717) is 0 Å². The van der Waals surface area contributed by atoms with Crippen LogP contribution in [-0.4, -0.2) is 23.8 Å². The van der Waals surface area contributed by atoms with E-state index in [1.165, 1.54) is 9.47 Å². The second-order valence-corrected chi connectivity index (χ2v) is 0. The van der Waals surface area contributed by atoms with Crippen LogP contribution in [0.4, 0.5) is 0 Å². The summed E-state index contributed by atoms with van der Waals surface area (Å²) in [7, 11) is 1.42. The molecule has 0 aliphatic heterocycles. The summed E-state index contributed by atoms with van der Waals surface area (Å²) in [6.45, 7) is 0. The van der Waals surface area contributed by atoms with Crippen LogP contribution in [0.25, 0.3) is 0 Å². The van der Waals surface area contributed by atoms with E-state index in [9.17, 15) is 0 Å². The van der Waals surface area contributed by atoms with E-state index < -0.39 is 0 Å². The Morgan fingerprint density at radius 3 is 1.25 bits per heavy atom. The van der Waals surface area contributed by atoms with Crippen molar-refractivity contribution in [2.24, 2.45) is 0 Å². The van der Waals surface area contributed by atoms with E-state index in [1.807, 2.05) is 0 Å². The third-order valence-electron chi connectivity index (χ3n) is 0. The Balaban J connectivity index is -0.00000000500. The van der Waals surface area contributed by atoms with Crippen molar-refractivity contribution in [1.82, 2.24) is 0 Å². The first-order chi connectivity index (χ1) is 1.00. The molecular weight excluding hydrogens is 110 g/mol. The Bertz CT molecular complexity index is 8.00. The van der Waals surface area contributed by atoms with E-state index in [-0.39, 0.29) is 35.9 Å². The SMILES string of the molecule is OP.[Fe].[LiH]. The number of hydrogen-bond acceptors (Lipinski definition) is 1. The first-order valence-electron chi connectivity index (χ1n) is 0.258. The molecule has 0 spiro atoms. The van der Waals surface area contributed by atoms with Gasteiger partial charge in [-0.05, 0) is 9.47 Å². The van der Waals surface area contributed by atoms with Gasteiger partial charge in [0.05, 0.1) is 0 Å². The fraction of sp³-hybridized carbons (Fsp3) is 0. The van der Waals surface area contributed by atoms with Gasteiger partial charge in [0.25, 0.3) is 0 Å². The van der Waals surface area contributed by atoms with Crippen LogP contribution >= 0.6 is 9.47 Å². The monoisotopic (exact) mass is 114 g/mol. The van der Waals surface area contributed by atoms with Gasteiger partial charge < -0.3 is 4.89 Å². The summed E-state index contributed by atoms with van der Waals surface area (Å²) >= 11 is 0.